The average molecular weight is 419 g/mol. The van der Waals surface area contributed by atoms with E-state index in [1.165, 1.54) is 5.56 Å². The lowest BCUT2D eigenvalue weighted by atomic mass is 9.83. The Hall–Kier alpha value is -1.59. The summed E-state index contributed by atoms with van der Waals surface area (Å²) < 4.78 is 6.21. The van der Waals surface area contributed by atoms with Crippen LogP contribution in [0.15, 0.2) is 18.2 Å². The fraction of sp³-hybridized carbons (Fsp3) is 0.652. The van der Waals surface area contributed by atoms with Crippen LogP contribution < -0.4 is 5.32 Å². The molecule has 2 heterocycles. The molecule has 0 aromatic heterocycles. The Morgan fingerprint density at radius 2 is 1.90 bits per heavy atom. The maximum Gasteiger partial charge on any atom is 0.245 e. The molecule has 0 bridgehead atoms. The summed E-state index contributed by atoms with van der Waals surface area (Å²) in [7, 11) is 0. The van der Waals surface area contributed by atoms with Crippen LogP contribution in [0.3, 0.4) is 0 Å². The molecular formula is C23H31ClN2O3. The van der Waals surface area contributed by atoms with Crippen LogP contribution in [0.2, 0.25) is 5.02 Å². The lowest BCUT2D eigenvalue weighted by molar-refractivity contribution is -0.144. The highest BCUT2D eigenvalue weighted by Gasteiger charge is 2.44. The molecule has 2 fully saturated rings. The third kappa shape index (κ3) is 4.04. The summed E-state index contributed by atoms with van der Waals surface area (Å²) in [5, 5.41) is 3.79. The largest absolute Gasteiger partial charge is 0.365 e. The van der Waals surface area contributed by atoms with Crippen LogP contribution in [0.1, 0.15) is 63.5 Å². The van der Waals surface area contributed by atoms with E-state index < -0.39 is 6.04 Å². The summed E-state index contributed by atoms with van der Waals surface area (Å²) in [6.45, 7) is 5.87. The molecule has 4 rings (SSSR count). The van der Waals surface area contributed by atoms with Crippen molar-refractivity contribution in [1.82, 2.24) is 10.2 Å². The Morgan fingerprint density at radius 3 is 2.55 bits per heavy atom. The Morgan fingerprint density at radius 1 is 1.21 bits per heavy atom. The first kappa shape index (κ1) is 20.7. The lowest BCUT2D eigenvalue weighted by Crippen LogP contribution is -2.55. The number of amides is 2. The van der Waals surface area contributed by atoms with Gasteiger partial charge in [-0.25, -0.2) is 0 Å². The van der Waals surface area contributed by atoms with Gasteiger partial charge < -0.3 is 15.0 Å². The van der Waals surface area contributed by atoms with Crippen molar-refractivity contribution in [2.75, 3.05) is 13.1 Å². The summed E-state index contributed by atoms with van der Waals surface area (Å²) in [4.78, 5) is 27.7. The molecule has 2 aliphatic heterocycles. The second-order valence-electron chi connectivity index (χ2n) is 9.12. The molecule has 5 nitrogen and oxygen atoms in total. The monoisotopic (exact) mass is 418 g/mol. The highest BCUT2D eigenvalue weighted by atomic mass is 35.5. The Bertz CT molecular complexity index is 780. The van der Waals surface area contributed by atoms with E-state index in [9.17, 15) is 9.59 Å². The molecule has 29 heavy (non-hydrogen) atoms. The number of nitrogens with zero attached hydrogens (tertiary/aromatic N) is 1. The molecule has 1 aliphatic carbocycles. The summed E-state index contributed by atoms with van der Waals surface area (Å²) in [6, 6.07) is 5.52. The third-order valence-corrected chi connectivity index (χ3v) is 7.14. The van der Waals surface area contributed by atoms with Crippen molar-refractivity contribution in [3.63, 3.8) is 0 Å². The second kappa shape index (κ2) is 8.27. The summed E-state index contributed by atoms with van der Waals surface area (Å²) in [5.74, 6) is 0.224. The lowest BCUT2D eigenvalue weighted by Gasteiger charge is -2.41. The number of ether oxygens (including phenoxy) is 1. The molecule has 1 aromatic carbocycles. The normalized spacial score (nSPS) is 22.1. The van der Waals surface area contributed by atoms with Gasteiger partial charge in [-0.05, 0) is 54.9 Å². The van der Waals surface area contributed by atoms with Crippen LogP contribution in [0.5, 0.6) is 0 Å². The first-order valence-electron chi connectivity index (χ1n) is 10.9. The van der Waals surface area contributed by atoms with Crippen LogP contribution >= 0.6 is 11.6 Å². The molecule has 1 N–H and O–H groups in total. The summed E-state index contributed by atoms with van der Waals surface area (Å²) in [5.41, 5.74) is 2.06. The molecule has 158 valence electrons. The van der Waals surface area contributed by atoms with Crippen molar-refractivity contribution in [2.45, 2.75) is 70.6 Å². The van der Waals surface area contributed by atoms with E-state index in [0.29, 0.717) is 19.7 Å². The molecule has 0 radical (unpaired) electrons. The van der Waals surface area contributed by atoms with Gasteiger partial charge in [0.05, 0.1) is 12.2 Å². The number of rotatable bonds is 4. The minimum atomic E-state index is -0.451. The zero-order valence-corrected chi connectivity index (χ0v) is 18.1. The van der Waals surface area contributed by atoms with Crippen molar-refractivity contribution >= 4 is 23.4 Å². The van der Waals surface area contributed by atoms with E-state index in [1.807, 2.05) is 30.9 Å². The molecule has 2 amide bonds. The summed E-state index contributed by atoms with van der Waals surface area (Å²) in [6.07, 6.45) is 5.65. The van der Waals surface area contributed by atoms with E-state index in [-0.39, 0.29) is 29.3 Å². The van der Waals surface area contributed by atoms with E-state index in [4.69, 9.17) is 16.3 Å². The first-order valence-corrected chi connectivity index (χ1v) is 11.3. The zero-order chi connectivity index (χ0) is 20.6. The highest BCUT2D eigenvalue weighted by molar-refractivity contribution is 6.30. The van der Waals surface area contributed by atoms with Crippen LogP contribution in [0.4, 0.5) is 0 Å². The van der Waals surface area contributed by atoms with Gasteiger partial charge in [0, 0.05) is 24.0 Å². The number of piperidine rings is 1. The van der Waals surface area contributed by atoms with Crippen LogP contribution in [0, 0.1) is 11.8 Å². The number of carbonyl (C=O) groups excluding carboxylic acids is 2. The number of carbonyl (C=O) groups is 2. The fourth-order valence-corrected chi connectivity index (χ4v) is 5.29. The third-order valence-electron chi connectivity index (χ3n) is 6.90. The number of likely N-dealkylation sites (tertiary alicyclic amines) is 1. The van der Waals surface area contributed by atoms with Crippen LogP contribution in [-0.2, 0) is 26.5 Å². The van der Waals surface area contributed by atoms with Gasteiger partial charge in [-0.15, -0.1) is 0 Å². The van der Waals surface area contributed by atoms with Gasteiger partial charge in [0.15, 0.2) is 0 Å². The topological polar surface area (TPSA) is 58.6 Å². The second-order valence-corrected chi connectivity index (χ2v) is 9.56. The van der Waals surface area contributed by atoms with E-state index in [1.54, 1.807) is 0 Å². The van der Waals surface area contributed by atoms with Crippen molar-refractivity contribution in [3.05, 3.63) is 34.3 Å². The van der Waals surface area contributed by atoms with Crippen molar-refractivity contribution in [3.8, 4) is 0 Å². The quantitative estimate of drug-likeness (QED) is 0.803. The maximum atomic E-state index is 13.2. The SMILES string of the molecule is CC(C)[C@@H](NC(=O)C1CCCC1)C(=O)N1CCC2(CC1)OCc1cc(Cl)ccc12. The van der Waals surface area contributed by atoms with Crippen molar-refractivity contribution in [2.24, 2.45) is 11.8 Å². The Balaban J connectivity index is 1.41. The highest BCUT2D eigenvalue weighted by Crippen LogP contribution is 2.44. The molecule has 1 atom stereocenters. The first-order chi connectivity index (χ1) is 13.9. The zero-order valence-electron chi connectivity index (χ0n) is 17.4. The van der Waals surface area contributed by atoms with Gasteiger partial charge in [-0.3, -0.25) is 9.59 Å². The predicted octanol–water partition coefficient (Wildman–Crippen LogP) is 4.02. The van der Waals surface area contributed by atoms with E-state index in [2.05, 4.69) is 11.4 Å². The number of benzene rings is 1. The maximum absolute atomic E-state index is 13.2. The summed E-state index contributed by atoms with van der Waals surface area (Å²) >= 11 is 6.13. The fourth-order valence-electron chi connectivity index (χ4n) is 5.09. The molecule has 3 aliphatic rings. The molecule has 0 unspecified atom stereocenters. The average Bonchev–Trinajstić information content (AvgIpc) is 3.35. The van der Waals surface area contributed by atoms with Gasteiger partial charge in [0.1, 0.15) is 6.04 Å². The number of fused-ring (bicyclic) bond motifs is 2. The standard InChI is InChI=1S/C23H31ClN2O3/c1-15(2)20(25-21(27)16-5-3-4-6-16)22(28)26-11-9-23(10-12-26)19-8-7-18(24)13-17(19)14-29-23/h7-8,13,15-16,20H,3-6,9-12,14H2,1-2H3,(H,25,27)/t20-/m1/s1. The number of hydrogen-bond acceptors (Lipinski definition) is 3. The molecule has 1 saturated heterocycles. The van der Waals surface area contributed by atoms with Gasteiger partial charge in [0.25, 0.3) is 0 Å². The van der Waals surface area contributed by atoms with Gasteiger partial charge in [-0.2, -0.15) is 0 Å². The molecule has 1 aromatic rings. The van der Waals surface area contributed by atoms with E-state index in [0.717, 1.165) is 49.1 Å². The number of hydrogen-bond donors (Lipinski definition) is 1. The molecule has 1 saturated carbocycles. The van der Waals surface area contributed by atoms with Gasteiger partial charge in [-0.1, -0.05) is 44.4 Å². The van der Waals surface area contributed by atoms with Crippen molar-refractivity contribution in [1.29, 1.82) is 0 Å². The van der Waals surface area contributed by atoms with Gasteiger partial charge >= 0.3 is 0 Å². The number of halogens is 1. The van der Waals surface area contributed by atoms with Crippen molar-refractivity contribution < 1.29 is 14.3 Å². The molecule has 1 spiro atoms. The predicted molar refractivity (Wildman–Crippen MR) is 112 cm³/mol. The molecular weight excluding hydrogens is 388 g/mol. The number of nitrogens with one attached hydrogen (secondary N) is 1. The Labute approximate surface area is 178 Å². The molecule has 6 heteroatoms. The van der Waals surface area contributed by atoms with Crippen LogP contribution in [0.25, 0.3) is 0 Å². The minimum absolute atomic E-state index is 0.0375. The smallest absolute Gasteiger partial charge is 0.245 e. The van der Waals surface area contributed by atoms with Crippen LogP contribution in [-0.4, -0.2) is 35.8 Å². The minimum Gasteiger partial charge on any atom is -0.365 e. The van der Waals surface area contributed by atoms with E-state index >= 15 is 0 Å². The Kier molecular flexibility index (Phi) is 5.90. The van der Waals surface area contributed by atoms with Gasteiger partial charge in [0.2, 0.25) is 11.8 Å².